The Morgan fingerprint density at radius 1 is 0.846 bits per heavy atom. The maximum Gasteiger partial charge on any atom is 0.311 e. The summed E-state index contributed by atoms with van der Waals surface area (Å²) in [5.41, 5.74) is 2.65. The molecule has 26 heavy (non-hydrogen) atoms. The predicted molar refractivity (Wildman–Crippen MR) is 104 cm³/mol. The van der Waals surface area contributed by atoms with E-state index in [4.69, 9.17) is 0 Å². The van der Waals surface area contributed by atoms with Crippen molar-refractivity contribution in [1.82, 2.24) is 9.80 Å². The van der Waals surface area contributed by atoms with Crippen LogP contribution >= 0.6 is 0 Å². The summed E-state index contributed by atoms with van der Waals surface area (Å²) in [6, 6.07) is 21.6. The molecule has 3 rings (SSSR count). The molecule has 0 N–H and O–H groups in total. The van der Waals surface area contributed by atoms with Crippen molar-refractivity contribution in [1.29, 1.82) is 0 Å². The molecule has 0 aliphatic carbocycles. The molecule has 1 heterocycles. The lowest BCUT2D eigenvalue weighted by Crippen LogP contribution is -2.48. The molecular weight excluding hydrogens is 346 g/mol. The SMILES string of the molecule is O=S(=O)=NCCCN1CCN(C(c2ccccc2)c2ccccc2)CC1. The summed E-state index contributed by atoms with van der Waals surface area (Å²) in [5.74, 6) is 0. The Labute approximate surface area is 157 Å². The summed E-state index contributed by atoms with van der Waals surface area (Å²) >= 11 is 0. The van der Waals surface area contributed by atoms with Crippen LogP contribution in [0.4, 0.5) is 0 Å². The molecule has 2 aromatic rings. The Balaban J connectivity index is 1.64. The van der Waals surface area contributed by atoms with Crippen molar-refractivity contribution in [2.24, 2.45) is 4.36 Å². The van der Waals surface area contributed by atoms with Crippen molar-refractivity contribution in [3.05, 3.63) is 71.8 Å². The van der Waals surface area contributed by atoms with E-state index in [2.05, 4.69) is 74.8 Å². The third kappa shape index (κ3) is 5.24. The topological polar surface area (TPSA) is 53.0 Å². The molecule has 0 spiro atoms. The highest BCUT2D eigenvalue weighted by Crippen LogP contribution is 2.29. The minimum Gasteiger partial charge on any atom is -0.301 e. The fourth-order valence-electron chi connectivity index (χ4n) is 3.56. The molecule has 1 fully saturated rings. The second-order valence-electron chi connectivity index (χ2n) is 6.52. The average molecular weight is 372 g/mol. The summed E-state index contributed by atoms with van der Waals surface area (Å²) in [7, 11) is -2.28. The van der Waals surface area contributed by atoms with Crippen molar-refractivity contribution in [3.8, 4) is 0 Å². The first-order valence-electron chi connectivity index (χ1n) is 9.07. The maximum atomic E-state index is 10.5. The van der Waals surface area contributed by atoms with E-state index in [9.17, 15) is 8.42 Å². The van der Waals surface area contributed by atoms with Gasteiger partial charge in [0.1, 0.15) is 0 Å². The Hall–Kier alpha value is -2.02. The molecule has 1 aliphatic heterocycles. The minimum atomic E-state index is -2.28. The summed E-state index contributed by atoms with van der Waals surface area (Å²) in [6.07, 6.45) is 0.786. The van der Waals surface area contributed by atoms with Crippen molar-refractivity contribution in [2.45, 2.75) is 12.5 Å². The van der Waals surface area contributed by atoms with E-state index in [1.54, 1.807) is 0 Å². The van der Waals surface area contributed by atoms with Gasteiger partial charge in [-0.15, -0.1) is 0 Å². The molecule has 0 bridgehead atoms. The number of nitrogens with zero attached hydrogens (tertiary/aromatic N) is 3. The van der Waals surface area contributed by atoms with Crippen LogP contribution in [0.2, 0.25) is 0 Å². The van der Waals surface area contributed by atoms with Gasteiger partial charge < -0.3 is 4.90 Å². The second-order valence-corrected chi connectivity index (χ2v) is 7.22. The zero-order chi connectivity index (χ0) is 18.2. The molecule has 6 heteroatoms. The maximum absolute atomic E-state index is 10.5. The molecule has 0 radical (unpaired) electrons. The quantitative estimate of drug-likeness (QED) is 0.703. The highest BCUT2D eigenvalue weighted by Gasteiger charge is 2.25. The first kappa shape index (κ1) is 18.8. The monoisotopic (exact) mass is 371 g/mol. The molecule has 5 nitrogen and oxygen atoms in total. The molecule has 138 valence electrons. The molecule has 1 aliphatic rings. The minimum absolute atomic E-state index is 0.275. The highest BCUT2D eigenvalue weighted by molar-refractivity contribution is 7.61. The van der Waals surface area contributed by atoms with Crippen LogP contribution in [0, 0.1) is 0 Å². The van der Waals surface area contributed by atoms with Gasteiger partial charge in [0.15, 0.2) is 0 Å². The van der Waals surface area contributed by atoms with Crippen molar-refractivity contribution in [2.75, 3.05) is 39.3 Å². The lowest BCUT2D eigenvalue weighted by Gasteiger charge is -2.39. The first-order chi connectivity index (χ1) is 12.7. The van der Waals surface area contributed by atoms with E-state index in [-0.39, 0.29) is 6.04 Å². The third-order valence-corrected chi connectivity index (χ3v) is 5.23. The van der Waals surface area contributed by atoms with Crippen LogP contribution in [0.15, 0.2) is 65.0 Å². The van der Waals surface area contributed by atoms with Gasteiger partial charge in [-0.05, 0) is 17.5 Å². The Bertz CT molecular complexity index is 754. The van der Waals surface area contributed by atoms with E-state index < -0.39 is 10.5 Å². The molecule has 2 aromatic carbocycles. The van der Waals surface area contributed by atoms with Crippen LogP contribution in [-0.4, -0.2) is 57.5 Å². The zero-order valence-corrected chi connectivity index (χ0v) is 15.7. The Morgan fingerprint density at radius 2 is 1.38 bits per heavy atom. The number of piperazine rings is 1. The summed E-state index contributed by atoms with van der Waals surface area (Å²) in [6.45, 7) is 5.27. The van der Waals surface area contributed by atoms with Gasteiger partial charge >= 0.3 is 10.5 Å². The molecule has 1 saturated heterocycles. The second kappa shape index (κ2) is 9.62. The number of hydrogen-bond donors (Lipinski definition) is 0. The van der Waals surface area contributed by atoms with Crippen molar-refractivity contribution >= 4 is 10.5 Å². The fraction of sp³-hybridized carbons (Fsp3) is 0.400. The van der Waals surface area contributed by atoms with Gasteiger partial charge in [0.2, 0.25) is 0 Å². The number of hydrogen-bond acceptors (Lipinski definition) is 5. The van der Waals surface area contributed by atoms with Gasteiger partial charge in [-0.3, -0.25) is 4.90 Å². The van der Waals surface area contributed by atoms with E-state index in [0.717, 1.165) is 39.1 Å². The molecule has 0 saturated carbocycles. The number of benzene rings is 2. The van der Waals surface area contributed by atoms with Crippen molar-refractivity contribution < 1.29 is 8.42 Å². The number of rotatable bonds is 7. The lowest BCUT2D eigenvalue weighted by atomic mass is 9.96. The van der Waals surface area contributed by atoms with Crippen LogP contribution < -0.4 is 0 Å². The highest BCUT2D eigenvalue weighted by atomic mass is 32.2. The van der Waals surface area contributed by atoms with Crippen LogP contribution in [0.5, 0.6) is 0 Å². The van der Waals surface area contributed by atoms with E-state index in [1.807, 2.05) is 0 Å². The van der Waals surface area contributed by atoms with Gasteiger partial charge in [0.05, 0.1) is 12.6 Å². The fourth-order valence-corrected chi connectivity index (χ4v) is 3.84. The van der Waals surface area contributed by atoms with Gasteiger partial charge in [0, 0.05) is 32.7 Å². The van der Waals surface area contributed by atoms with Gasteiger partial charge in [0.25, 0.3) is 0 Å². The van der Waals surface area contributed by atoms with Crippen LogP contribution in [0.3, 0.4) is 0 Å². The van der Waals surface area contributed by atoms with Gasteiger partial charge in [-0.1, -0.05) is 60.7 Å². The first-order valence-corrected chi connectivity index (χ1v) is 10.1. The molecule has 0 atom stereocenters. The zero-order valence-electron chi connectivity index (χ0n) is 14.9. The summed E-state index contributed by atoms with van der Waals surface area (Å²) < 4.78 is 24.4. The standard InChI is InChI=1S/C20H25N3O2S/c24-26(25)21-12-7-13-22-14-16-23(17-15-22)20(18-8-3-1-4-9-18)19-10-5-2-6-11-19/h1-6,8-11,20H,7,12-17H2. The Kier molecular flexibility index (Phi) is 6.94. The molecule has 0 aromatic heterocycles. The summed E-state index contributed by atoms with van der Waals surface area (Å²) in [5, 5.41) is 0. The van der Waals surface area contributed by atoms with Crippen LogP contribution in [-0.2, 0) is 10.5 Å². The van der Waals surface area contributed by atoms with Gasteiger partial charge in [-0.2, -0.15) is 12.8 Å². The van der Waals surface area contributed by atoms with Crippen LogP contribution in [0.25, 0.3) is 0 Å². The average Bonchev–Trinajstić information content (AvgIpc) is 2.68. The van der Waals surface area contributed by atoms with E-state index in [0.29, 0.717) is 6.54 Å². The Morgan fingerprint density at radius 3 is 1.88 bits per heavy atom. The van der Waals surface area contributed by atoms with Gasteiger partial charge in [-0.25, -0.2) is 0 Å². The molecule has 0 unspecified atom stereocenters. The predicted octanol–water partition coefficient (Wildman–Crippen LogP) is 2.85. The largest absolute Gasteiger partial charge is 0.311 e. The van der Waals surface area contributed by atoms with E-state index >= 15 is 0 Å². The van der Waals surface area contributed by atoms with Crippen molar-refractivity contribution in [3.63, 3.8) is 0 Å². The normalized spacial score (nSPS) is 15.9. The molecular formula is C20H25N3O2S. The van der Waals surface area contributed by atoms with E-state index in [1.165, 1.54) is 11.1 Å². The smallest absolute Gasteiger partial charge is 0.301 e. The summed E-state index contributed by atoms with van der Waals surface area (Å²) in [4.78, 5) is 4.94. The molecule has 0 amide bonds. The van der Waals surface area contributed by atoms with Crippen LogP contribution in [0.1, 0.15) is 23.6 Å². The lowest BCUT2D eigenvalue weighted by molar-refractivity contribution is 0.109. The third-order valence-electron chi connectivity index (χ3n) is 4.83.